The van der Waals surface area contributed by atoms with Crippen LogP contribution in [0.15, 0.2) is 0 Å². The second-order valence-electron chi connectivity index (χ2n) is 2.55. The zero-order chi connectivity index (χ0) is 8.53. The molecule has 0 heterocycles. The number of terminal acetylenes is 1. The van der Waals surface area contributed by atoms with Crippen LogP contribution in [0, 0.1) is 12.3 Å². The Bertz CT molecular complexity index is 117. The normalized spacial score (nSPS) is 12.5. The summed E-state index contributed by atoms with van der Waals surface area (Å²) < 4.78 is 5.43. The Kier molecular flexibility index (Phi) is 7.23. The summed E-state index contributed by atoms with van der Waals surface area (Å²) in [5.41, 5.74) is 0. The lowest BCUT2D eigenvalue weighted by molar-refractivity contribution is 0.0663. The minimum Gasteiger partial charge on any atom is -0.377 e. The lowest BCUT2D eigenvalue weighted by Gasteiger charge is -2.10. The van der Waals surface area contributed by atoms with Crippen LogP contribution in [0.25, 0.3) is 0 Å². The maximum Gasteiger partial charge on any atom is 0.0671 e. The van der Waals surface area contributed by atoms with Crippen LogP contribution in [-0.4, -0.2) is 26.3 Å². The highest BCUT2D eigenvalue weighted by atomic mass is 16.5. The summed E-state index contributed by atoms with van der Waals surface area (Å²) in [4.78, 5) is 0. The summed E-state index contributed by atoms with van der Waals surface area (Å²) in [6, 6.07) is 0. The van der Waals surface area contributed by atoms with E-state index in [1.54, 1.807) is 0 Å². The van der Waals surface area contributed by atoms with Gasteiger partial charge in [-0.3, -0.25) is 0 Å². The molecule has 0 amide bonds. The smallest absolute Gasteiger partial charge is 0.0671 e. The molecule has 0 aliphatic carbocycles. The summed E-state index contributed by atoms with van der Waals surface area (Å²) in [6.45, 7) is 3.72. The van der Waals surface area contributed by atoms with E-state index < -0.39 is 0 Å². The predicted molar refractivity (Wildman–Crippen MR) is 47.4 cm³/mol. The third-order valence-electron chi connectivity index (χ3n) is 1.36. The third kappa shape index (κ3) is 7.38. The van der Waals surface area contributed by atoms with E-state index in [4.69, 9.17) is 11.2 Å². The van der Waals surface area contributed by atoms with Crippen LogP contribution in [0.4, 0.5) is 0 Å². The fourth-order valence-corrected chi connectivity index (χ4v) is 0.805. The van der Waals surface area contributed by atoms with Gasteiger partial charge in [0.15, 0.2) is 0 Å². The molecule has 1 unspecified atom stereocenters. The molecule has 0 aromatic rings. The van der Waals surface area contributed by atoms with Gasteiger partial charge in [0.2, 0.25) is 0 Å². The van der Waals surface area contributed by atoms with Crippen LogP contribution in [0.1, 0.15) is 19.8 Å². The molecule has 0 fully saturated rings. The fourth-order valence-electron chi connectivity index (χ4n) is 0.805. The van der Waals surface area contributed by atoms with Crippen LogP contribution in [0.2, 0.25) is 0 Å². The molecule has 64 valence electrons. The molecule has 1 N–H and O–H groups in total. The predicted octanol–water partition coefficient (Wildman–Crippen LogP) is 1.02. The molecule has 0 aromatic heterocycles. The minimum atomic E-state index is 0.290. The SMILES string of the molecule is C#CCCCOC(C)CNC. The molecule has 1 atom stereocenters. The van der Waals surface area contributed by atoms with Crippen LogP contribution in [-0.2, 0) is 4.74 Å². The van der Waals surface area contributed by atoms with Gasteiger partial charge in [0.25, 0.3) is 0 Å². The Labute approximate surface area is 69.3 Å². The van der Waals surface area contributed by atoms with Crippen molar-refractivity contribution >= 4 is 0 Å². The largest absolute Gasteiger partial charge is 0.377 e. The Balaban J connectivity index is 3.05. The van der Waals surface area contributed by atoms with E-state index in [2.05, 4.69) is 11.2 Å². The van der Waals surface area contributed by atoms with Gasteiger partial charge in [-0.25, -0.2) is 0 Å². The van der Waals surface area contributed by atoms with Crippen molar-refractivity contribution in [3.63, 3.8) is 0 Å². The van der Waals surface area contributed by atoms with Gasteiger partial charge in [0, 0.05) is 19.6 Å². The second kappa shape index (κ2) is 7.59. The summed E-state index contributed by atoms with van der Waals surface area (Å²) in [5, 5.41) is 3.04. The summed E-state index contributed by atoms with van der Waals surface area (Å²) in [7, 11) is 1.92. The second-order valence-corrected chi connectivity index (χ2v) is 2.55. The van der Waals surface area contributed by atoms with E-state index in [1.807, 2.05) is 14.0 Å². The Morgan fingerprint density at radius 2 is 2.36 bits per heavy atom. The van der Waals surface area contributed by atoms with Crippen LogP contribution in [0.5, 0.6) is 0 Å². The molecule has 0 aliphatic rings. The molecular weight excluding hydrogens is 138 g/mol. The van der Waals surface area contributed by atoms with E-state index >= 15 is 0 Å². The van der Waals surface area contributed by atoms with Crippen molar-refractivity contribution in [1.82, 2.24) is 5.32 Å². The molecule has 2 heteroatoms. The fraction of sp³-hybridized carbons (Fsp3) is 0.778. The molecule has 2 nitrogen and oxygen atoms in total. The lowest BCUT2D eigenvalue weighted by atomic mass is 10.3. The Hall–Kier alpha value is -0.520. The maximum atomic E-state index is 5.43. The van der Waals surface area contributed by atoms with Crippen LogP contribution in [0.3, 0.4) is 0 Å². The van der Waals surface area contributed by atoms with Crippen LogP contribution >= 0.6 is 0 Å². The molecule has 0 bridgehead atoms. The zero-order valence-corrected chi connectivity index (χ0v) is 7.39. The highest BCUT2D eigenvalue weighted by Gasteiger charge is 1.97. The van der Waals surface area contributed by atoms with Gasteiger partial charge in [0.05, 0.1) is 6.10 Å². The van der Waals surface area contributed by atoms with Crippen molar-refractivity contribution < 1.29 is 4.74 Å². The average molecular weight is 155 g/mol. The van der Waals surface area contributed by atoms with Crippen molar-refractivity contribution in [1.29, 1.82) is 0 Å². The molecule has 0 saturated heterocycles. The van der Waals surface area contributed by atoms with Gasteiger partial charge in [-0.15, -0.1) is 12.3 Å². The first-order valence-corrected chi connectivity index (χ1v) is 4.01. The zero-order valence-electron chi connectivity index (χ0n) is 7.39. The molecule has 0 saturated carbocycles. The van der Waals surface area contributed by atoms with Crippen LogP contribution < -0.4 is 5.32 Å². The van der Waals surface area contributed by atoms with Gasteiger partial charge in [0.1, 0.15) is 0 Å². The van der Waals surface area contributed by atoms with E-state index in [9.17, 15) is 0 Å². The molecule has 0 aromatic carbocycles. The minimum absolute atomic E-state index is 0.290. The monoisotopic (exact) mass is 155 g/mol. The van der Waals surface area contributed by atoms with E-state index in [1.165, 1.54) is 0 Å². The van der Waals surface area contributed by atoms with Crippen molar-refractivity contribution in [2.45, 2.75) is 25.9 Å². The van der Waals surface area contributed by atoms with Crippen molar-refractivity contribution in [2.24, 2.45) is 0 Å². The number of hydrogen-bond donors (Lipinski definition) is 1. The summed E-state index contributed by atoms with van der Waals surface area (Å²) in [6.07, 6.45) is 7.15. The summed E-state index contributed by atoms with van der Waals surface area (Å²) in [5.74, 6) is 2.58. The van der Waals surface area contributed by atoms with Gasteiger partial charge in [-0.1, -0.05) is 0 Å². The topological polar surface area (TPSA) is 21.3 Å². The highest BCUT2D eigenvalue weighted by molar-refractivity contribution is 4.82. The van der Waals surface area contributed by atoms with Gasteiger partial charge in [-0.05, 0) is 20.4 Å². The van der Waals surface area contributed by atoms with Crippen molar-refractivity contribution in [3.05, 3.63) is 0 Å². The first kappa shape index (κ1) is 10.5. The van der Waals surface area contributed by atoms with E-state index in [0.717, 1.165) is 26.0 Å². The van der Waals surface area contributed by atoms with Gasteiger partial charge >= 0.3 is 0 Å². The van der Waals surface area contributed by atoms with E-state index in [-0.39, 0.29) is 6.10 Å². The number of hydrogen-bond acceptors (Lipinski definition) is 2. The van der Waals surface area contributed by atoms with Crippen molar-refractivity contribution in [2.75, 3.05) is 20.2 Å². The highest BCUT2D eigenvalue weighted by Crippen LogP contribution is 1.92. The maximum absolute atomic E-state index is 5.43. The van der Waals surface area contributed by atoms with Crippen molar-refractivity contribution in [3.8, 4) is 12.3 Å². The molecule has 0 aliphatic heterocycles. The first-order valence-electron chi connectivity index (χ1n) is 4.01. The molecule has 0 spiro atoms. The average Bonchev–Trinajstić information content (AvgIpc) is 1.99. The molecule has 11 heavy (non-hydrogen) atoms. The number of ether oxygens (including phenoxy) is 1. The number of rotatable bonds is 6. The van der Waals surface area contributed by atoms with Gasteiger partial charge < -0.3 is 10.1 Å². The molecular formula is C9H17NO. The van der Waals surface area contributed by atoms with Gasteiger partial charge in [-0.2, -0.15) is 0 Å². The lowest BCUT2D eigenvalue weighted by Crippen LogP contribution is -2.23. The summed E-state index contributed by atoms with van der Waals surface area (Å²) >= 11 is 0. The first-order chi connectivity index (χ1) is 5.31. The number of nitrogens with one attached hydrogen (secondary N) is 1. The van der Waals surface area contributed by atoms with E-state index in [0.29, 0.717) is 0 Å². The number of likely N-dealkylation sites (N-methyl/N-ethyl adjacent to an activating group) is 1. The standard InChI is InChI=1S/C9H17NO/c1-4-5-6-7-11-9(2)8-10-3/h1,9-10H,5-8H2,2-3H3. The Morgan fingerprint density at radius 3 is 2.91 bits per heavy atom. The quantitative estimate of drug-likeness (QED) is 0.457. The third-order valence-corrected chi connectivity index (χ3v) is 1.36. The molecule has 0 rings (SSSR count). The Morgan fingerprint density at radius 1 is 1.64 bits per heavy atom. The number of unbranched alkanes of at least 4 members (excludes halogenated alkanes) is 1. The molecule has 0 radical (unpaired) electrons.